The molecule has 264 valence electrons. The van der Waals surface area contributed by atoms with Crippen molar-refractivity contribution in [2.75, 3.05) is 43.7 Å². The molecule has 52 heavy (non-hydrogen) atoms. The molecule has 0 radical (unpaired) electrons. The number of rotatable bonds is 5. The largest absolute Gasteiger partial charge is 0.503 e. The molecule has 2 unspecified atom stereocenters. The molecule has 10 rings (SSSR count). The number of ketones is 1. The number of nitrogens with one attached hydrogen (secondary N) is 3. The van der Waals surface area contributed by atoms with E-state index in [4.69, 9.17) is 9.47 Å². The van der Waals surface area contributed by atoms with Gasteiger partial charge in [-0.3, -0.25) is 14.4 Å². The molecular formula is C39H36N6O7. The molecule has 6 heterocycles. The lowest BCUT2D eigenvalue weighted by Crippen LogP contribution is -2.29. The fraction of sp³-hybridized carbons (Fsp3) is 0.308. The number of methoxy groups -OCH3 is 2. The minimum absolute atomic E-state index is 0.0347. The van der Waals surface area contributed by atoms with Crippen molar-refractivity contribution in [3.05, 3.63) is 76.0 Å². The number of aromatic nitrogens is 3. The Morgan fingerprint density at radius 3 is 2.15 bits per heavy atom. The second-order valence-corrected chi connectivity index (χ2v) is 14.5. The van der Waals surface area contributed by atoms with Crippen LogP contribution >= 0.6 is 0 Å². The second-order valence-electron chi connectivity index (χ2n) is 14.5. The molecule has 0 bridgehead atoms. The summed E-state index contributed by atoms with van der Waals surface area (Å²) < 4.78 is 11.3. The number of likely N-dealkylation sites (tertiary alicyclic amines) is 1. The Morgan fingerprint density at radius 2 is 1.52 bits per heavy atom. The predicted molar refractivity (Wildman–Crippen MR) is 194 cm³/mol. The maximum absolute atomic E-state index is 14.3. The monoisotopic (exact) mass is 700 g/mol. The summed E-state index contributed by atoms with van der Waals surface area (Å²) in [6.07, 6.45) is 5.66. The number of ether oxygens (including phenoxy) is 2. The van der Waals surface area contributed by atoms with Gasteiger partial charge in [0, 0.05) is 60.7 Å². The lowest BCUT2D eigenvalue weighted by molar-refractivity contribution is -0.116. The Bertz CT molecular complexity index is 2570. The van der Waals surface area contributed by atoms with E-state index in [-0.39, 0.29) is 51.7 Å². The molecule has 1 saturated heterocycles. The fourth-order valence-corrected chi connectivity index (χ4v) is 9.78. The zero-order chi connectivity index (χ0) is 36.1. The van der Waals surface area contributed by atoms with Crippen molar-refractivity contribution in [1.82, 2.24) is 19.9 Å². The van der Waals surface area contributed by atoms with Gasteiger partial charge in [-0.15, -0.1) is 0 Å². The van der Waals surface area contributed by atoms with E-state index >= 15 is 0 Å². The summed E-state index contributed by atoms with van der Waals surface area (Å²) in [7, 11) is 2.91. The second kappa shape index (κ2) is 10.0. The number of nitrogens with zero attached hydrogens (tertiary/aromatic N) is 3. The van der Waals surface area contributed by atoms with Crippen molar-refractivity contribution in [2.24, 2.45) is 5.92 Å². The van der Waals surface area contributed by atoms with Crippen molar-refractivity contribution < 1.29 is 34.1 Å². The van der Waals surface area contributed by atoms with Gasteiger partial charge in [0.15, 0.2) is 23.0 Å². The van der Waals surface area contributed by atoms with E-state index < -0.39 is 0 Å². The number of phenols is 2. The Morgan fingerprint density at radius 1 is 0.923 bits per heavy atom. The third kappa shape index (κ3) is 3.59. The fourth-order valence-electron chi connectivity index (χ4n) is 9.78. The molecule has 3 aromatic heterocycles. The number of aryl methyl sites for hydroxylation is 1. The van der Waals surface area contributed by atoms with Crippen LogP contribution in [-0.2, 0) is 23.1 Å². The summed E-state index contributed by atoms with van der Waals surface area (Å²) >= 11 is 0. The molecule has 5 N–H and O–H groups in total. The molecule has 2 aromatic carbocycles. The van der Waals surface area contributed by atoms with Crippen molar-refractivity contribution in [2.45, 2.75) is 38.5 Å². The van der Waals surface area contributed by atoms with Gasteiger partial charge in [0.2, 0.25) is 11.7 Å². The van der Waals surface area contributed by atoms with Crippen LogP contribution in [0.4, 0.5) is 11.4 Å². The standard InChI is InChI=1S/C39H36N6O7/c1-16-14-40-31-26(47)12-27-39(28(16)31)13-19(39)15-45(27)17(2)24-10-22-21-7-9-44(33(21)35(49)36(51-4)29(22)41-24)38(50)25-11-23-20-6-8-43(18(3)46)32(20)34(48)37(52-5)30(23)42-25/h10-12,14,19,40-42,48-49H,2,6-9,13,15H2,1,3-5H3. The number of benzene rings is 2. The average molecular weight is 701 g/mol. The first-order chi connectivity index (χ1) is 25.0. The molecule has 3 aliphatic heterocycles. The lowest BCUT2D eigenvalue weighted by atomic mass is 9.83. The number of hydrogen-bond donors (Lipinski definition) is 5. The maximum Gasteiger partial charge on any atom is 0.274 e. The summed E-state index contributed by atoms with van der Waals surface area (Å²) in [5, 5.41) is 24.3. The van der Waals surface area contributed by atoms with E-state index in [1.165, 1.54) is 26.0 Å². The van der Waals surface area contributed by atoms with Crippen molar-refractivity contribution in [3.63, 3.8) is 0 Å². The van der Waals surface area contributed by atoms with Crippen LogP contribution in [0.3, 0.4) is 0 Å². The van der Waals surface area contributed by atoms with E-state index in [0.29, 0.717) is 71.0 Å². The van der Waals surface area contributed by atoms with Gasteiger partial charge in [-0.05, 0) is 66.5 Å². The van der Waals surface area contributed by atoms with Crippen molar-refractivity contribution >= 4 is 56.5 Å². The minimum Gasteiger partial charge on any atom is -0.503 e. The molecule has 2 amide bonds. The number of amides is 2. The van der Waals surface area contributed by atoms with Crippen LogP contribution in [0.15, 0.2) is 36.7 Å². The van der Waals surface area contributed by atoms with Gasteiger partial charge < -0.3 is 49.3 Å². The summed E-state index contributed by atoms with van der Waals surface area (Å²) in [5.41, 5.74) is 8.72. The molecule has 2 fully saturated rings. The van der Waals surface area contributed by atoms with Crippen LogP contribution < -0.4 is 19.3 Å². The summed E-state index contributed by atoms with van der Waals surface area (Å²) in [4.78, 5) is 54.9. The summed E-state index contributed by atoms with van der Waals surface area (Å²) in [6, 6.07) is 3.71. The number of piperidine rings is 1. The number of H-pyrrole nitrogens is 3. The molecule has 2 aliphatic carbocycles. The quantitative estimate of drug-likeness (QED) is 0.168. The first-order valence-electron chi connectivity index (χ1n) is 17.4. The third-order valence-electron chi connectivity index (χ3n) is 12.1. The Kier molecular flexibility index (Phi) is 5.92. The molecule has 1 spiro atoms. The highest BCUT2D eigenvalue weighted by Gasteiger charge is 2.67. The van der Waals surface area contributed by atoms with Crippen molar-refractivity contribution in [3.8, 4) is 23.0 Å². The smallest absolute Gasteiger partial charge is 0.274 e. The van der Waals surface area contributed by atoms with Crippen LogP contribution in [0.5, 0.6) is 23.0 Å². The van der Waals surface area contributed by atoms with Gasteiger partial charge in [0.1, 0.15) is 5.69 Å². The number of phenolic OH excluding ortho intramolecular Hbond substituents is 2. The highest BCUT2D eigenvalue weighted by atomic mass is 16.5. The molecule has 13 nitrogen and oxygen atoms in total. The number of aromatic amines is 3. The van der Waals surface area contributed by atoms with Gasteiger partial charge >= 0.3 is 0 Å². The first kappa shape index (κ1) is 30.7. The van der Waals surface area contributed by atoms with E-state index in [0.717, 1.165) is 52.0 Å². The van der Waals surface area contributed by atoms with Crippen LogP contribution in [-0.4, -0.2) is 81.5 Å². The van der Waals surface area contributed by atoms with Crippen LogP contribution in [0.2, 0.25) is 0 Å². The highest BCUT2D eigenvalue weighted by Crippen LogP contribution is 2.68. The molecule has 5 aliphatic rings. The Hall–Kier alpha value is -6.11. The molecule has 2 atom stereocenters. The number of aromatic hydroxyl groups is 2. The number of hydrogen-bond acceptors (Lipinski definition) is 8. The first-order valence-corrected chi connectivity index (χ1v) is 17.4. The average Bonchev–Trinajstić information content (AvgIpc) is 3.85. The Balaban J connectivity index is 1.03. The lowest BCUT2D eigenvalue weighted by Gasteiger charge is -2.30. The number of carbonyl (C=O) groups excluding carboxylic acids is 3. The van der Waals surface area contributed by atoms with Gasteiger partial charge in [-0.1, -0.05) is 6.58 Å². The zero-order valence-electron chi connectivity index (χ0n) is 29.1. The van der Waals surface area contributed by atoms with Crippen LogP contribution in [0.25, 0.3) is 27.5 Å². The van der Waals surface area contributed by atoms with Gasteiger partial charge in [-0.2, -0.15) is 0 Å². The number of anilines is 2. The number of carbonyl (C=O) groups is 3. The third-order valence-corrected chi connectivity index (χ3v) is 12.1. The number of fused-ring (bicyclic) bond motifs is 7. The van der Waals surface area contributed by atoms with Gasteiger partial charge in [0.25, 0.3) is 5.91 Å². The minimum atomic E-state index is -0.376. The molecule has 5 aromatic rings. The van der Waals surface area contributed by atoms with Crippen LogP contribution in [0.1, 0.15) is 62.3 Å². The van der Waals surface area contributed by atoms with E-state index in [1.807, 2.05) is 19.2 Å². The molecule has 13 heteroatoms. The zero-order valence-corrected chi connectivity index (χ0v) is 29.1. The van der Waals surface area contributed by atoms with E-state index in [1.54, 1.807) is 17.0 Å². The molecule has 1 saturated carbocycles. The van der Waals surface area contributed by atoms with E-state index in [2.05, 4.69) is 26.4 Å². The highest BCUT2D eigenvalue weighted by molar-refractivity contribution is 6.14. The van der Waals surface area contributed by atoms with Gasteiger partial charge in [-0.25, -0.2) is 0 Å². The normalized spacial score (nSPS) is 20.9. The van der Waals surface area contributed by atoms with Crippen LogP contribution in [0, 0.1) is 12.8 Å². The maximum atomic E-state index is 14.3. The molecular weight excluding hydrogens is 664 g/mol. The van der Waals surface area contributed by atoms with E-state index in [9.17, 15) is 24.6 Å². The summed E-state index contributed by atoms with van der Waals surface area (Å²) in [5.74, 6) is -0.188. The SMILES string of the molecule is C=C(c1cc2c3c(c(O)c(OC)c2[nH]1)N(C(=O)c1cc2c4c(c(O)c(OC)c2[nH]1)N(C(C)=O)CC4)CC3)N1CC2CC23C1=CC(=O)c1[nH]cc(C)c13. The topological polar surface area (TPSA) is 167 Å². The van der Waals surface area contributed by atoms with Gasteiger partial charge in [0.05, 0.1) is 53.7 Å². The number of allylic oxidation sites excluding steroid dienone is 2. The predicted octanol–water partition coefficient (Wildman–Crippen LogP) is 5.15. The summed E-state index contributed by atoms with van der Waals surface area (Å²) in [6.45, 7) is 9.43. The Labute approximate surface area is 297 Å². The van der Waals surface area contributed by atoms with Crippen molar-refractivity contribution in [1.29, 1.82) is 0 Å².